The zero-order chi connectivity index (χ0) is 14.2. The molecular formula is C15H16N2O2. The number of piperidine rings is 1. The van der Waals surface area contributed by atoms with E-state index in [0.29, 0.717) is 24.1 Å². The van der Waals surface area contributed by atoms with Crippen molar-refractivity contribution < 1.29 is 9.59 Å². The summed E-state index contributed by atoms with van der Waals surface area (Å²) < 4.78 is 0. The van der Waals surface area contributed by atoms with Crippen LogP contribution in [0.5, 0.6) is 0 Å². The van der Waals surface area contributed by atoms with E-state index in [1.807, 2.05) is 26.8 Å². The van der Waals surface area contributed by atoms with Gasteiger partial charge in [-0.2, -0.15) is 5.26 Å². The lowest BCUT2D eigenvalue weighted by Gasteiger charge is -2.35. The van der Waals surface area contributed by atoms with Gasteiger partial charge in [-0.1, -0.05) is 19.9 Å². The molecule has 0 radical (unpaired) electrons. The van der Waals surface area contributed by atoms with Gasteiger partial charge in [-0.15, -0.1) is 0 Å². The van der Waals surface area contributed by atoms with Crippen LogP contribution in [0, 0.1) is 23.7 Å². The van der Waals surface area contributed by atoms with Crippen molar-refractivity contribution in [2.45, 2.75) is 33.6 Å². The Bertz CT molecular complexity index is 577. The van der Waals surface area contributed by atoms with Gasteiger partial charge in [-0.3, -0.25) is 14.5 Å². The molecule has 98 valence electrons. The highest BCUT2D eigenvalue weighted by Crippen LogP contribution is 2.35. The normalized spacial score (nSPS) is 18.3. The Morgan fingerprint density at radius 3 is 2.32 bits per heavy atom. The molecular weight excluding hydrogens is 240 g/mol. The van der Waals surface area contributed by atoms with Crippen molar-refractivity contribution in [2.75, 3.05) is 4.90 Å². The topological polar surface area (TPSA) is 61.2 Å². The average molecular weight is 256 g/mol. The van der Waals surface area contributed by atoms with Crippen molar-refractivity contribution in [2.24, 2.45) is 5.41 Å². The molecule has 0 bridgehead atoms. The first-order chi connectivity index (χ1) is 8.84. The van der Waals surface area contributed by atoms with Crippen LogP contribution >= 0.6 is 0 Å². The number of hydrogen-bond acceptors (Lipinski definition) is 3. The number of imide groups is 1. The van der Waals surface area contributed by atoms with Gasteiger partial charge in [0, 0.05) is 12.8 Å². The number of rotatable bonds is 1. The fourth-order valence-corrected chi connectivity index (χ4v) is 2.37. The second-order valence-electron chi connectivity index (χ2n) is 5.75. The summed E-state index contributed by atoms with van der Waals surface area (Å²) in [5, 5.41) is 8.93. The number of nitriles is 1. The highest BCUT2D eigenvalue weighted by molar-refractivity contribution is 6.17. The van der Waals surface area contributed by atoms with Crippen LogP contribution in [0.4, 0.5) is 5.69 Å². The minimum Gasteiger partial charge on any atom is -0.274 e. The smallest absolute Gasteiger partial charge is 0.234 e. The van der Waals surface area contributed by atoms with E-state index in [1.54, 1.807) is 18.2 Å². The number of aryl methyl sites for hydroxylation is 1. The second kappa shape index (κ2) is 4.51. The predicted octanol–water partition coefficient (Wildman–Crippen LogP) is 2.55. The van der Waals surface area contributed by atoms with Gasteiger partial charge in [-0.05, 0) is 30.0 Å². The molecule has 1 aromatic carbocycles. The lowest BCUT2D eigenvalue weighted by atomic mass is 9.81. The molecule has 1 saturated heterocycles. The predicted molar refractivity (Wildman–Crippen MR) is 71.4 cm³/mol. The van der Waals surface area contributed by atoms with Crippen LogP contribution in [-0.2, 0) is 9.59 Å². The molecule has 19 heavy (non-hydrogen) atoms. The Balaban J connectivity index is 2.45. The summed E-state index contributed by atoms with van der Waals surface area (Å²) in [5.41, 5.74) is 1.52. The van der Waals surface area contributed by atoms with Gasteiger partial charge < -0.3 is 0 Å². The molecule has 1 aliphatic heterocycles. The summed E-state index contributed by atoms with van der Waals surface area (Å²) in [5.74, 6) is -0.390. The summed E-state index contributed by atoms with van der Waals surface area (Å²) in [6.45, 7) is 5.66. The molecule has 0 unspecified atom stereocenters. The minimum absolute atomic E-state index is 0.195. The number of amides is 2. The summed E-state index contributed by atoms with van der Waals surface area (Å²) in [6, 6.07) is 7.07. The van der Waals surface area contributed by atoms with Crippen LogP contribution in [0.2, 0.25) is 0 Å². The molecule has 0 aromatic heterocycles. The van der Waals surface area contributed by atoms with E-state index in [4.69, 9.17) is 5.26 Å². The average Bonchev–Trinajstić information content (AvgIpc) is 2.29. The Kier molecular flexibility index (Phi) is 3.15. The summed E-state index contributed by atoms with van der Waals surface area (Å²) in [6.07, 6.45) is 0.684. The molecule has 4 nitrogen and oxygen atoms in total. The molecule has 0 N–H and O–H groups in total. The summed E-state index contributed by atoms with van der Waals surface area (Å²) in [7, 11) is 0. The largest absolute Gasteiger partial charge is 0.274 e. The Hall–Kier alpha value is -2.15. The van der Waals surface area contributed by atoms with Crippen molar-refractivity contribution >= 4 is 17.5 Å². The number of anilines is 1. The van der Waals surface area contributed by atoms with Crippen LogP contribution in [-0.4, -0.2) is 11.8 Å². The van der Waals surface area contributed by atoms with Crippen LogP contribution in [0.25, 0.3) is 0 Å². The highest BCUT2D eigenvalue weighted by atomic mass is 16.2. The van der Waals surface area contributed by atoms with E-state index in [9.17, 15) is 9.59 Å². The number of carbonyl (C=O) groups is 2. The lowest BCUT2D eigenvalue weighted by molar-refractivity contribution is -0.132. The van der Waals surface area contributed by atoms with Crippen molar-refractivity contribution in [3.63, 3.8) is 0 Å². The van der Waals surface area contributed by atoms with Gasteiger partial charge in [-0.25, -0.2) is 0 Å². The number of benzene rings is 1. The number of hydrogen-bond donors (Lipinski definition) is 0. The molecule has 1 heterocycles. The third kappa shape index (κ3) is 2.50. The first-order valence-corrected chi connectivity index (χ1v) is 6.20. The van der Waals surface area contributed by atoms with Gasteiger partial charge in [0.15, 0.2) is 0 Å². The third-order valence-corrected chi connectivity index (χ3v) is 3.34. The van der Waals surface area contributed by atoms with Gasteiger partial charge in [0.25, 0.3) is 0 Å². The number of carbonyl (C=O) groups excluding carboxylic acids is 2. The van der Waals surface area contributed by atoms with E-state index in [2.05, 4.69) is 0 Å². The fraction of sp³-hybridized carbons (Fsp3) is 0.400. The molecule has 2 rings (SSSR count). The molecule has 4 heteroatoms. The van der Waals surface area contributed by atoms with E-state index in [1.165, 1.54) is 4.90 Å². The first-order valence-electron chi connectivity index (χ1n) is 6.20. The summed E-state index contributed by atoms with van der Waals surface area (Å²) in [4.78, 5) is 25.6. The minimum atomic E-state index is -0.286. The van der Waals surface area contributed by atoms with Crippen LogP contribution in [0.1, 0.15) is 37.8 Å². The van der Waals surface area contributed by atoms with E-state index in [-0.39, 0.29) is 17.2 Å². The lowest BCUT2D eigenvalue weighted by Crippen LogP contribution is -2.46. The maximum atomic E-state index is 12.2. The maximum Gasteiger partial charge on any atom is 0.234 e. The van der Waals surface area contributed by atoms with Gasteiger partial charge in [0.1, 0.15) is 0 Å². The van der Waals surface area contributed by atoms with Crippen molar-refractivity contribution in [3.8, 4) is 6.07 Å². The molecule has 0 spiro atoms. The highest BCUT2D eigenvalue weighted by Gasteiger charge is 2.38. The molecule has 0 saturated carbocycles. The fourth-order valence-electron chi connectivity index (χ4n) is 2.37. The van der Waals surface area contributed by atoms with Crippen LogP contribution < -0.4 is 4.90 Å². The van der Waals surface area contributed by atoms with Gasteiger partial charge >= 0.3 is 0 Å². The maximum absolute atomic E-state index is 12.2. The van der Waals surface area contributed by atoms with Crippen molar-refractivity contribution in [1.82, 2.24) is 0 Å². The zero-order valence-corrected chi connectivity index (χ0v) is 11.4. The first kappa shape index (κ1) is 13.3. The molecule has 0 aliphatic carbocycles. The van der Waals surface area contributed by atoms with Crippen LogP contribution in [0.15, 0.2) is 18.2 Å². The van der Waals surface area contributed by atoms with Crippen LogP contribution in [0.3, 0.4) is 0 Å². The third-order valence-electron chi connectivity index (χ3n) is 3.34. The van der Waals surface area contributed by atoms with E-state index < -0.39 is 0 Å². The molecule has 2 amide bonds. The molecule has 0 atom stereocenters. The Labute approximate surface area is 112 Å². The SMILES string of the molecule is Cc1ccc(C#N)cc1N1C(=O)CC(C)(C)CC1=O. The zero-order valence-electron chi connectivity index (χ0n) is 11.4. The second-order valence-corrected chi connectivity index (χ2v) is 5.75. The van der Waals surface area contributed by atoms with Crippen molar-refractivity contribution in [1.29, 1.82) is 5.26 Å². The monoisotopic (exact) mass is 256 g/mol. The van der Waals surface area contributed by atoms with Gasteiger partial charge in [0.05, 0.1) is 17.3 Å². The summed E-state index contributed by atoms with van der Waals surface area (Å²) >= 11 is 0. The van der Waals surface area contributed by atoms with E-state index >= 15 is 0 Å². The number of nitrogens with zero attached hydrogens (tertiary/aromatic N) is 2. The molecule has 1 fully saturated rings. The Morgan fingerprint density at radius 1 is 1.21 bits per heavy atom. The molecule has 1 aromatic rings. The molecule has 1 aliphatic rings. The Morgan fingerprint density at radius 2 is 1.79 bits per heavy atom. The quantitative estimate of drug-likeness (QED) is 0.725. The van der Waals surface area contributed by atoms with Gasteiger partial charge in [0.2, 0.25) is 11.8 Å². The van der Waals surface area contributed by atoms with Crippen molar-refractivity contribution in [3.05, 3.63) is 29.3 Å². The van der Waals surface area contributed by atoms with E-state index in [0.717, 1.165) is 5.56 Å². The standard InChI is InChI=1S/C15H16N2O2/c1-10-4-5-11(9-16)6-12(10)17-13(18)7-15(2,3)8-14(17)19/h4-6H,7-8H2,1-3H3.